The first kappa shape index (κ1) is 11.1. The van der Waals surface area contributed by atoms with Crippen LogP contribution in [0.4, 0.5) is 5.69 Å². The summed E-state index contributed by atoms with van der Waals surface area (Å²) >= 11 is 3.38. The van der Waals surface area contributed by atoms with E-state index >= 15 is 0 Å². The minimum absolute atomic E-state index is 0.0738. The number of nitrogens with zero attached hydrogens (tertiary/aromatic N) is 1. The Morgan fingerprint density at radius 3 is 2.75 bits per heavy atom. The molecule has 16 heavy (non-hydrogen) atoms. The molecule has 0 atom stereocenters. The summed E-state index contributed by atoms with van der Waals surface area (Å²) in [6, 6.07) is 5.68. The third-order valence-corrected chi connectivity index (χ3v) is 2.84. The largest absolute Gasteiger partial charge is 0.345 e. The van der Waals surface area contributed by atoms with Crippen LogP contribution in [0.5, 0.6) is 0 Å². The summed E-state index contributed by atoms with van der Waals surface area (Å²) in [6.07, 6.45) is 0. The van der Waals surface area contributed by atoms with Gasteiger partial charge in [0.15, 0.2) is 0 Å². The molecule has 0 spiro atoms. The average Bonchev–Trinajstić information content (AvgIpc) is 2.20. The zero-order valence-corrected chi connectivity index (χ0v) is 10.4. The van der Waals surface area contributed by atoms with Gasteiger partial charge in [0, 0.05) is 10.2 Å². The van der Waals surface area contributed by atoms with Gasteiger partial charge in [0.2, 0.25) is 11.8 Å². The highest BCUT2D eigenvalue weighted by Crippen LogP contribution is 2.23. The van der Waals surface area contributed by atoms with Crippen molar-refractivity contribution in [2.45, 2.75) is 6.92 Å². The lowest BCUT2D eigenvalue weighted by atomic mass is 10.2. The molecule has 1 saturated heterocycles. The Morgan fingerprint density at radius 1 is 1.31 bits per heavy atom. The average molecular weight is 283 g/mol. The smallest absolute Gasteiger partial charge is 0.246 e. The Kier molecular flexibility index (Phi) is 2.96. The maximum Gasteiger partial charge on any atom is 0.246 e. The zero-order valence-electron chi connectivity index (χ0n) is 8.79. The molecular weight excluding hydrogens is 272 g/mol. The highest BCUT2D eigenvalue weighted by atomic mass is 79.9. The summed E-state index contributed by atoms with van der Waals surface area (Å²) in [6.45, 7) is 2.11. The second kappa shape index (κ2) is 4.25. The Bertz CT molecular complexity index is 439. The number of amides is 2. The van der Waals surface area contributed by atoms with Crippen molar-refractivity contribution in [1.29, 1.82) is 0 Å². The lowest BCUT2D eigenvalue weighted by Gasteiger charge is -2.27. The van der Waals surface area contributed by atoms with Crippen LogP contribution in [0.1, 0.15) is 5.56 Å². The van der Waals surface area contributed by atoms with Crippen LogP contribution in [0.25, 0.3) is 0 Å². The summed E-state index contributed by atoms with van der Waals surface area (Å²) in [5.74, 6) is -0.214. The van der Waals surface area contributed by atoms with Crippen LogP contribution in [-0.2, 0) is 9.59 Å². The second-order valence-electron chi connectivity index (χ2n) is 3.74. The Hall–Kier alpha value is -1.36. The highest BCUT2D eigenvalue weighted by molar-refractivity contribution is 9.10. The number of anilines is 1. The molecule has 2 amide bonds. The Labute approximate surface area is 102 Å². The quantitative estimate of drug-likeness (QED) is 0.842. The molecule has 0 aromatic heterocycles. The third kappa shape index (κ3) is 2.24. The number of carbonyl (C=O) groups is 2. The fourth-order valence-corrected chi connectivity index (χ4v) is 2.26. The summed E-state index contributed by atoms with van der Waals surface area (Å²) in [4.78, 5) is 24.4. The van der Waals surface area contributed by atoms with E-state index in [4.69, 9.17) is 0 Å². The van der Waals surface area contributed by atoms with Crippen molar-refractivity contribution < 1.29 is 9.59 Å². The van der Waals surface area contributed by atoms with Crippen LogP contribution >= 0.6 is 15.9 Å². The normalized spacial score (nSPS) is 16.2. The van der Waals surface area contributed by atoms with E-state index < -0.39 is 0 Å². The predicted octanol–water partition coefficient (Wildman–Crippen LogP) is 1.22. The molecule has 2 rings (SSSR count). The van der Waals surface area contributed by atoms with Crippen molar-refractivity contribution in [2.24, 2.45) is 0 Å². The SMILES string of the molecule is Cc1cc(Br)cc(N2CC(=O)NCC2=O)c1. The second-order valence-corrected chi connectivity index (χ2v) is 4.66. The molecule has 1 aliphatic heterocycles. The molecule has 1 fully saturated rings. The van der Waals surface area contributed by atoms with Gasteiger partial charge in [-0.1, -0.05) is 15.9 Å². The minimum Gasteiger partial charge on any atom is -0.345 e. The van der Waals surface area contributed by atoms with Crippen LogP contribution in [0.3, 0.4) is 0 Å². The van der Waals surface area contributed by atoms with Crippen LogP contribution in [-0.4, -0.2) is 24.9 Å². The van der Waals surface area contributed by atoms with Crippen molar-refractivity contribution in [3.8, 4) is 0 Å². The summed E-state index contributed by atoms with van der Waals surface area (Å²) in [7, 11) is 0. The van der Waals surface area contributed by atoms with Gasteiger partial charge in [-0.25, -0.2) is 0 Å². The van der Waals surface area contributed by atoms with E-state index in [1.54, 1.807) is 0 Å². The van der Waals surface area contributed by atoms with Gasteiger partial charge in [-0.3, -0.25) is 9.59 Å². The number of benzene rings is 1. The molecule has 0 radical (unpaired) electrons. The molecule has 5 heteroatoms. The number of carbonyl (C=O) groups excluding carboxylic acids is 2. The molecule has 4 nitrogen and oxygen atoms in total. The van der Waals surface area contributed by atoms with Gasteiger partial charge in [-0.15, -0.1) is 0 Å². The first-order valence-corrected chi connectivity index (χ1v) is 5.70. The van der Waals surface area contributed by atoms with Gasteiger partial charge >= 0.3 is 0 Å². The number of halogens is 1. The van der Waals surface area contributed by atoms with Crippen LogP contribution in [0.2, 0.25) is 0 Å². The van der Waals surface area contributed by atoms with Crippen molar-refractivity contribution in [3.05, 3.63) is 28.2 Å². The van der Waals surface area contributed by atoms with Crippen molar-refractivity contribution in [1.82, 2.24) is 5.32 Å². The topological polar surface area (TPSA) is 49.4 Å². The predicted molar refractivity (Wildman–Crippen MR) is 64.2 cm³/mol. The molecule has 1 heterocycles. The summed E-state index contributed by atoms with van der Waals surface area (Å²) in [5.41, 5.74) is 1.80. The molecule has 1 aromatic carbocycles. The molecule has 84 valence electrons. The molecular formula is C11H11BrN2O2. The van der Waals surface area contributed by atoms with Crippen molar-refractivity contribution in [2.75, 3.05) is 18.0 Å². The maximum absolute atomic E-state index is 11.7. The van der Waals surface area contributed by atoms with Crippen LogP contribution in [0, 0.1) is 6.92 Å². The van der Waals surface area contributed by atoms with Crippen LogP contribution in [0.15, 0.2) is 22.7 Å². The highest BCUT2D eigenvalue weighted by Gasteiger charge is 2.24. The molecule has 0 unspecified atom stereocenters. The van der Waals surface area contributed by atoms with E-state index in [2.05, 4.69) is 21.2 Å². The number of rotatable bonds is 1. The van der Waals surface area contributed by atoms with Crippen molar-refractivity contribution >= 4 is 33.4 Å². The molecule has 1 aliphatic rings. The lowest BCUT2D eigenvalue weighted by Crippen LogP contribution is -2.51. The first-order valence-electron chi connectivity index (χ1n) is 4.90. The third-order valence-electron chi connectivity index (χ3n) is 2.38. The minimum atomic E-state index is -0.128. The van der Waals surface area contributed by atoms with Gasteiger partial charge in [0.25, 0.3) is 0 Å². The Balaban J connectivity index is 2.34. The molecule has 0 saturated carbocycles. The number of hydrogen-bond donors (Lipinski definition) is 1. The first-order chi connectivity index (χ1) is 7.56. The van der Waals surface area contributed by atoms with E-state index in [1.165, 1.54) is 4.90 Å². The van der Waals surface area contributed by atoms with Gasteiger partial charge in [-0.05, 0) is 30.7 Å². The fraction of sp³-hybridized carbons (Fsp3) is 0.273. The maximum atomic E-state index is 11.7. The number of hydrogen-bond acceptors (Lipinski definition) is 2. The molecule has 0 bridgehead atoms. The Morgan fingerprint density at radius 2 is 2.06 bits per heavy atom. The number of aryl methyl sites for hydroxylation is 1. The van der Waals surface area contributed by atoms with Gasteiger partial charge in [0.1, 0.15) is 6.54 Å². The van der Waals surface area contributed by atoms with Crippen LogP contribution < -0.4 is 10.2 Å². The standard InChI is InChI=1S/C11H11BrN2O2/c1-7-2-8(12)4-9(3-7)14-6-10(15)13-5-11(14)16/h2-4H,5-6H2,1H3,(H,13,15). The fourth-order valence-electron chi connectivity index (χ4n) is 1.67. The number of nitrogens with one attached hydrogen (secondary N) is 1. The van der Waals surface area contributed by atoms with E-state index in [0.29, 0.717) is 0 Å². The van der Waals surface area contributed by atoms with Gasteiger partial charge in [0.05, 0.1) is 6.54 Å². The molecule has 1 aromatic rings. The van der Waals surface area contributed by atoms with Gasteiger partial charge < -0.3 is 10.2 Å². The van der Waals surface area contributed by atoms with E-state index in [1.807, 2.05) is 25.1 Å². The molecule has 1 N–H and O–H groups in total. The van der Waals surface area contributed by atoms with Gasteiger partial charge in [-0.2, -0.15) is 0 Å². The van der Waals surface area contributed by atoms with E-state index in [0.717, 1.165) is 15.7 Å². The zero-order chi connectivity index (χ0) is 11.7. The lowest BCUT2D eigenvalue weighted by molar-refractivity contribution is -0.128. The van der Waals surface area contributed by atoms with E-state index in [-0.39, 0.29) is 24.9 Å². The summed E-state index contributed by atoms with van der Waals surface area (Å²) in [5, 5.41) is 2.52. The van der Waals surface area contributed by atoms with Crippen molar-refractivity contribution in [3.63, 3.8) is 0 Å². The van der Waals surface area contributed by atoms with E-state index in [9.17, 15) is 9.59 Å². The monoisotopic (exact) mass is 282 g/mol. The summed E-state index contributed by atoms with van der Waals surface area (Å²) < 4.78 is 0.904. The molecule has 0 aliphatic carbocycles. The number of piperazine rings is 1.